The summed E-state index contributed by atoms with van der Waals surface area (Å²) in [5, 5.41) is 1.46. The fourth-order valence-electron chi connectivity index (χ4n) is 4.61. The molecule has 0 aliphatic carbocycles. The lowest BCUT2D eigenvalue weighted by atomic mass is 10.00. The summed E-state index contributed by atoms with van der Waals surface area (Å²) in [6.45, 7) is 4.79. The molecule has 0 saturated carbocycles. The van der Waals surface area contributed by atoms with E-state index >= 15 is 0 Å². The first-order valence-electron chi connectivity index (χ1n) is 9.32. The quantitative estimate of drug-likeness (QED) is 0.532. The molecule has 2 aromatic carbocycles. The molecule has 5 rings (SSSR count). The van der Waals surface area contributed by atoms with Crippen LogP contribution in [0.25, 0.3) is 22.2 Å². The molecule has 1 saturated heterocycles. The predicted molar refractivity (Wildman–Crippen MR) is 100 cm³/mol. The number of piperidine rings is 1. The molecule has 2 heteroatoms. The third-order valence-electron chi connectivity index (χ3n) is 5.80. The molecule has 1 fully saturated rings. The summed E-state index contributed by atoms with van der Waals surface area (Å²) in [5.41, 5.74) is 7.35. The summed E-state index contributed by atoms with van der Waals surface area (Å²) >= 11 is 0. The number of hydrogen-bond donors (Lipinski definition) is 0. The van der Waals surface area contributed by atoms with Gasteiger partial charge < -0.3 is 9.47 Å². The number of para-hydroxylation sites is 1. The number of fused-ring (bicyclic) bond motifs is 5. The van der Waals surface area contributed by atoms with Crippen molar-refractivity contribution < 1.29 is 0 Å². The Hall–Kier alpha value is -2.06. The smallest absolute Gasteiger partial charge is 0.0531 e. The van der Waals surface area contributed by atoms with Crippen LogP contribution < -0.4 is 0 Å². The molecule has 0 radical (unpaired) electrons. The standard InChI is InChI=1S/C22H24N2/c1-6-13-23(14-7-1)15-12-20-19-10-4-5-11-21(19)24-16-17-8-2-3-9-18(17)22(20)24/h2-5,8-11H,1,6-7,12-16H2. The number of rotatable bonds is 3. The molecule has 24 heavy (non-hydrogen) atoms. The van der Waals surface area contributed by atoms with E-state index in [1.54, 1.807) is 5.56 Å². The summed E-state index contributed by atoms with van der Waals surface area (Å²) in [5.74, 6) is 0. The van der Waals surface area contributed by atoms with E-state index in [4.69, 9.17) is 0 Å². The zero-order chi connectivity index (χ0) is 15.9. The van der Waals surface area contributed by atoms with Gasteiger partial charge in [0.2, 0.25) is 0 Å². The Balaban J connectivity index is 1.58. The lowest BCUT2D eigenvalue weighted by molar-refractivity contribution is 0.232. The van der Waals surface area contributed by atoms with E-state index in [-0.39, 0.29) is 0 Å². The van der Waals surface area contributed by atoms with Crippen LogP contribution in [0.2, 0.25) is 0 Å². The van der Waals surface area contributed by atoms with Crippen molar-refractivity contribution in [3.05, 3.63) is 59.7 Å². The van der Waals surface area contributed by atoms with Crippen molar-refractivity contribution in [3.8, 4) is 11.3 Å². The third-order valence-corrected chi connectivity index (χ3v) is 5.80. The van der Waals surface area contributed by atoms with Crippen LogP contribution in [0.5, 0.6) is 0 Å². The van der Waals surface area contributed by atoms with Gasteiger partial charge in [-0.3, -0.25) is 0 Å². The molecular weight excluding hydrogens is 292 g/mol. The van der Waals surface area contributed by atoms with Gasteiger partial charge in [0, 0.05) is 29.6 Å². The second-order valence-electron chi connectivity index (χ2n) is 7.24. The van der Waals surface area contributed by atoms with Crippen LogP contribution in [0.1, 0.15) is 30.4 Å². The minimum Gasteiger partial charge on any atom is -0.336 e. The molecule has 2 nitrogen and oxygen atoms in total. The van der Waals surface area contributed by atoms with E-state index in [1.807, 2.05) is 0 Å². The Labute approximate surface area is 143 Å². The van der Waals surface area contributed by atoms with Crippen molar-refractivity contribution in [2.24, 2.45) is 0 Å². The first-order chi connectivity index (χ1) is 11.9. The van der Waals surface area contributed by atoms with E-state index in [0.29, 0.717) is 0 Å². The molecular formula is C22H24N2. The molecule has 0 atom stereocenters. The van der Waals surface area contributed by atoms with E-state index in [1.165, 1.54) is 66.6 Å². The minimum atomic E-state index is 1.02. The van der Waals surface area contributed by atoms with Crippen molar-refractivity contribution in [2.45, 2.75) is 32.2 Å². The highest BCUT2D eigenvalue weighted by Gasteiger charge is 2.25. The van der Waals surface area contributed by atoms with Crippen molar-refractivity contribution in [3.63, 3.8) is 0 Å². The van der Waals surface area contributed by atoms with Crippen LogP contribution in [0.4, 0.5) is 0 Å². The summed E-state index contributed by atoms with van der Waals surface area (Å²) in [6, 6.07) is 17.9. The van der Waals surface area contributed by atoms with E-state index < -0.39 is 0 Å². The molecule has 0 N–H and O–H groups in total. The monoisotopic (exact) mass is 316 g/mol. The number of nitrogens with zero attached hydrogens (tertiary/aromatic N) is 2. The van der Waals surface area contributed by atoms with Gasteiger partial charge in [0.15, 0.2) is 0 Å². The Kier molecular flexibility index (Phi) is 3.45. The van der Waals surface area contributed by atoms with Gasteiger partial charge in [-0.2, -0.15) is 0 Å². The Morgan fingerprint density at radius 3 is 2.54 bits per heavy atom. The van der Waals surface area contributed by atoms with Crippen molar-refractivity contribution in [1.29, 1.82) is 0 Å². The second kappa shape index (κ2) is 5.78. The first-order valence-corrected chi connectivity index (χ1v) is 9.32. The molecule has 122 valence electrons. The molecule has 0 amide bonds. The Bertz CT molecular complexity index is 884. The van der Waals surface area contributed by atoms with Gasteiger partial charge in [0.05, 0.1) is 5.69 Å². The van der Waals surface area contributed by atoms with Crippen LogP contribution in [0, 0.1) is 0 Å². The summed E-state index contributed by atoms with van der Waals surface area (Å²) in [7, 11) is 0. The zero-order valence-corrected chi connectivity index (χ0v) is 14.2. The van der Waals surface area contributed by atoms with Gasteiger partial charge in [-0.15, -0.1) is 0 Å². The maximum absolute atomic E-state index is 2.66. The fourth-order valence-corrected chi connectivity index (χ4v) is 4.61. The number of hydrogen-bond acceptors (Lipinski definition) is 1. The maximum Gasteiger partial charge on any atom is 0.0531 e. The predicted octanol–water partition coefficient (Wildman–Crippen LogP) is 4.70. The molecule has 2 aliphatic heterocycles. The summed E-state index contributed by atoms with van der Waals surface area (Å²) in [6.07, 6.45) is 5.32. The third kappa shape index (κ3) is 2.21. The van der Waals surface area contributed by atoms with Gasteiger partial charge in [-0.1, -0.05) is 48.9 Å². The highest BCUT2D eigenvalue weighted by molar-refractivity contribution is 5.94. The van der Waals surface area contributed by atoms with Crippen molar-refractivity contribution in [2.75, 3.05) is 19.6 Å². The number of benzene rings is 2. The van der Waals surface area contributed by atoms with Crippen LogP contribution >= 0.6 is 0 Å². The van der Waals surface area contributed by atoms with E-state index in [9.17, 15) is 0 Å². The maximum atomic E-state index is 2.66. The van der Waals surface area contributed by atoms with Crippen LogP contribution in [-0.4, -0.2) is 29.1 Å². The van der Waals surface area contributed by atoms with Crippen LogP contribution in [0.3, 0.4) is 0 Å². The average Bonchev–Trinajstić information content (AvgIpc) is 3.16. The lowest BCUT2D eigenvalue weighted by Gasteiger charge is -2.26. The summed E-state index contributed by atoms with van der Waals surface area (Å²) < 4.78 is 2.53. The molecule has 3 heterocycles. The molecule has 3 aromatic rings. The highest BCUT2D eigenvalue weighted by atomic mass is 15.1. The van der Waals surface area contributed by atoms with Gasteiger partial charge in [0.1, 0.15) is 0 Å². The van der Waals surface area contributed by atoms with Crippen molar-refractivity contribution in [1.82, 2.24) is 9.47 Å². The van der Waals surface area contributed by atoms with Gasteiger partial charge in [0.25, 0.3) is 0 Å². The normalized spacial score (nSPS) is 17.2. The lowest BCUT2D eigenvalue weighted by Crippen LogP contribution is -2.31. The Morgan fingerprint density at radius 2 is 1.62 bits per heavy atom. The molecule has 1 aromatic heterocycles. The molecule has 0 unspecified atom stereocenters. The molecule has 2 aliphatic rings. The summed E-state index contributed by atoms with van der Waals surface area (Å²) in [4.78, 5) is 2.66. The zero-order valence-electron chi connectivity index (χ0n) is 14.2. The molecule has 0 bridgehead atoms. The largest absolute Gasteiger partial charge is 0.336 e. The first kappa shape index (κ1) is 14.3. The van der Waals surface area contributed by atoms with Crippen LogP contribution in [-0.2, 0) is 13.0 Å². The average molecular weight is 316 g/mol. The second-order valence-corrected chi connectivity index (χ2v) is 7.24. The van der Waals surface area contributed by atoms with Gasteiger partial charge in [-0.25, -0.2) is 0 Å². The fraction of sp³-hybridized carbons (Fsp3) is 0.364. The van der Waals surface area contributed by atoms with Gasteiger partial charge >= 0.3 is 0 Å². The number of aromatic nitrogens is 1. The minimum absolute atomic E-state index is 1.02. The van der Waals surface area contributed by atoms with E-state index in [0.717, 1.165) is 13.0 Å². The topological polar surface area (TPSA) is 8.17 Å². The SMILES string of the molecule is c1ccc2c(c1)Cn1c-2c(CCN2CCCCC2)c2ccccc21. The highest BCUT2D eigenvalue weighted by Crippen LogP contribution is 2.41. The molecule has 0 spiro atoms. The van der Waals surface area contributed by atoms with Crippen LogP contribution in [0.15, 0.2) is 48.5 Å². The van der Waals surface area contributed by atoms with Crippen molar-refractivity contribution >= 4 is 10.9 Å². The number of likely N-dealkylation sites (tertiary alicyclic amines) is 1. The Morgan fingerprint density at radius 1 is 0.833 bits per heavy atom. The van der Waals surface area contributed by atoms with Gasteiger partial charge in [-0.05, 0) is 49.5 Å². The van der Waals surface area contributed by atoms with E-state index in [2.05, 4.69) is 58.0 Å².